The lowest BCUT2D eigenvalue weighted by Crippen LogP contribution is -2.18. The molecule has 0 radical (unpaired) electrons. The molecular formula is C11H14N2O2. The molecule has 0 bridgehead atoms. The van der Waals surface area contributed by atoms with Crippen LogP contribution in [0.15, 0.2) is 18.2 Å². The Labute approximate surface area is 88.1 Å². The number of anilines is 1. The first-order valence-electron chi connectivity index (χ1n) is 5.04. The molecule has 1 aliphatic carbocycles. The normalized spacial score (nSPS) is 19.4. The van der Waals surface area contributed by atoms with Gasteiger partial charge in [0.1, 0.15) is 0 Å². The maximum Gasteiger partial charge on any atom is 0.310 e. The summed E-state index contributed by atoms with van der Waals surface area (Å²) in [7, 11) is 0. The average molecular weight is 206 g/mol. The maximum absolute atomic E-state index is 11.0. The van der Waals surface area contributed by atoms with Crippen molar-refractivity contribution >= 4 is 11.7 Å². The standard InChI is InChI=1S/C11H14N2O2/c12-13-8-4-5-9-7(6-8)2-1-3-10(9)11(14)15/h4-6,10,13H,1-3,12H2,(H,14,15). The Balaban J connectivity index is 2.40. The lowest BCUT2D eigenvalue weighted by molar-refractivity contribution is -0.139. The Morgan fingerprint density at radius 2 is 2.33 bits per heavy atom. The smallest absolute Gasteiger partial charge is 0.310 e. The molecule has 15 heavy (non-hydrogen) atoms. The fourth-order valence-corrected chi connectivity index (χ4v) is 2.16. The summed E-state index contributed by atoms with van der Waals surface area (Å²) in [6.45, 7) is 0. The predicted octanol–water partition coefficient (Wildman–Crippen LogP) is 1.48. The molecule has 0 spiro atoms. The van der Waals surface area contributed by atoms with Crippen LogP contribution >= 0.6 is 0 Å². The fraction of sp³-hybridized carbons (Fsp3) is 0.364. The van der Waals surface area contributed by atoms with Crippen LogP contribution < -0.4 is 11.3 Å². The summed E-state index contributed by atoms with van der Waals surface area (Å²) in [5.41, 5.74) is 5.45. The van der Waals surface area contributed by atoms with Crippen molar-refractivity contribution < 1.29 is 9.90 Å². The highest BCUT2D eigenvalue weighted by Gasteiger charge is 2.25. The molecule has 1 aromatic rings. The summed E-state index contributed by atoms with van der Waals surface area (Å²) in [6.07, 6.45) is 2.60. The van der Waals surface area contributed by atoms with Crippen LogP contribution in [0.5, 0.6) is 0 Å². The van der Waals surface area contributed by atoms with Crippen LogP contribution in [0.3, 0.4) is 0 Å². The zero-order valence-electron chi connectivity index (χ0n) is 8.36. The number of nitrogen functional groups attached to an aromatic ring is 1. The highest BCUT2D eigenvalue weighted by atomic mass is 16.4. The molecule has 1 unspecified atom stereocenters. The molecule has 2 rings (SSSR count). The summed E-state index contributed by atoms with van der Waals surface area (Å²) in [6, 6.07) is 5.62. The van der Waals surface area contributed by atoms with Crippen LogP contribution in [-0.4, -0.2) is 11.1 Å². The van der Waals surface area contributed by atoms with Crippen LogP contribution in [0.1, 0.15) is 29.9 Å². The quantitative estimate of drug-likeness (QED) is 0.506. The van der Waals surface area contributed by atoms with Gasteiger partial charge in [-0.15, -0.1) is 0 Å². The number of hydrazine groups is 1. The first kappa shape index (κ1) is 9.98. The van der Waals surface area contributed by atoms with E-state index in [1.807, 2.05) is 18.2 Å². The molecular weight excluding hydrogens is 192 g/mol. The second-order valence-corrected chi connectivity index (χ2v) is 3.84. The molecule has 1 aromatic carbocycles. The highest BCUT2D eigenvalue weighted by Crippen LogP contribution is 2.33. The van der Waals surface area contributed by atoms with E-state index in [4.69, 9.17) is 10.9 Å². The van der Waals surface area contributed by atoms with Crippen molar-refractivity contribution in [2.75, 3.05) is 5.43 Å². The number of carbonyl (C=O) groups is 1. The Morgan fingerprint density at radius 3 is 3.00 bits per heavy atom. The van der Waals surface area contributed by atoms with Crippen LogP contribution in [0.2, 0.25) is 0 Å². The lowest BCUT2D eigenvalue weighted by atomic mass is 9.83. The number of rotatable bonds is 2. The van der Waals surface area contributed by atoms with Gasteiger partial charge in [0.05, 0.1) is 5.92 Å². The molecule has 0 aliphatic heterocycles. The molecule has 0 saturated heterocycles. The Morgan fingerprint density at radius 1 is 1.53 bits per heavy atom. The first-order valence-corrected chi connectivity index (χ1v) is 5.04. The number of nitrogens with one attached hydrogen (secondary N) is 1. The van der Waals surface area contributed by atoms with Gasteiger partial charge in [0.15, 0.2) is 0 Å². The number of hydrogen-bond donors (Lipinski definition) is 3. The van der Waals surface area contributed by atoms with Gasteiger partial charge in [0, 0.05) is 5.69 Å². The summed E-state index contributed by atoms with van der Waals surface area (Å²) in [5, 5.41) is 9.07. The average Bonchev–Trinajstić information content (AvgIpc) is 2.27. The number of fused-ring (bicyclic) bond motifs is 1. The third kappa shape index (κ3) is 1.80. The van der Waals surface area contributed by atoms with Crippen LogP contribution in [-0.2, 0) is 11.2 Å². The van der Waals surface area contributed by atoms with Crippen molar-refractivity contribution in [3.63, 3.8) is 0 Å². The number of aryl methyl sites for hydroxylation is 1. The van der Waals surface area contributed by atoms with Gasteiger partial charge < -0.3 is 10.5 Å². The highest BCUT2D eigenvalue weighted by molar-refractivity contribution is 5.77. The van der Waals surface area contributed by atoms with Crippen molar-refractivity contribution in [3.8, 4) is 0 Å². The third-order valence-electron chi connectivity index (χ3n) is 2.92. The van der Waals surface area contributed by atoms with E-state index in [0.717, 1.165) is 36.1 Å². The second kappa shape index (κ2) is 3.90. The lowest BCUT2D eigenvalue weighted by Gasteiger charge is -2.22. The van der Waals surface area contributed by atoms with Crippen LogP contribution in [0.4, 0.5) is 5.69 Å². The van der Waals surface area contributed by atoms with Crippen molar-refractivity contribution in [1.29, 1.82) is 0 Å². The number of hydrogen-bond acceptors (Lipinski definition) is 3. The SMILES string of the molecule is NNc1ccc2c(c1)CCCC2C(=O)O. The van der Waals surface area contributed by atoms with Gasteiger partial charge in [0.2, 0.25) is 0 Å². The molecule has 0 saturated carbocycles. The maximum atomic E-state index is 11.0. The van der Waals surface area contributed by atoms with Crippen molar-refractivity contribution in [3.05, 3.63) is 29.3 Å². The molecule has 0 heterocycles. The topological polar surface area (TPSA) is 75.3 Å². The number of nitrogens with two attached hydrogens (primary N) is 1. The predicted molar refractivity (Wildman–Crippen MR) is 57.6 cm³/mol. The summed E-state index contributed by atoms with van der Waals surface area (Å²) in [4.78, 5) is 11.0. The number of carboxylic acid groups (broad SMARTS) is 1. The van der Waals surface area contributed by atoms with E-state index >= 15 is 0 Å². The molecule has 4 heteroatoms. The van der Waals surface area contributed by atoms with Gasteiger partial charge in [-0.2, -0.15) is 0 Å². The van der Waals surface area contributed by atoms with E-state index < -0.39 is 5.97 Å². The zero-order valence-corrected chi connectivity index (χ0v) is 8.36. The van der Waals surface area contributed by atoms with Crippen molar-refractivity contribution in [2.24, 2.45) is 5.84 Å². The minimum absolute atomic E-state index is 0.347. The van der Waals surface area contributed by atoms with Crippen molar-refractivity contribution in [1.82, 2.24) is 0 Å². The molecule has 4 nitrogen and oxygen atoms in total. The molecule has 1 aliphatic rings. The molecule has 0 amide bonds. The van der Waals surface area contributed by atoms with Gasteiger partial charge in [-0.05, 0) is 42.5 Å². The molecule has 80 valence electrons. The second-order valence-electron chi connectivity index (χ2n) is 3.84. The van der Waals surface area contributed by atoms with E-state index in [0.29, 0.717) is 0 Å². The molecule has 4 N–H and O–H groups in total. The van der Waals surface area contributed by atoms with Gasteiger partial charge in [0.25, 0.3) is 0 Å². The molecule has 0 aromatic heterocycles. The van der Waals surface area contributed by atoms with Crippen LogP contribution in [0.25, 0.3) is 0 Å². The largest absolute Gasteiger partial charge is 0.481 e. The zero-order chi connectivity index (χ0) is 10.8. The Bertz CT molecular complexity index is 390. The monoisotopic (exact) mass is 206 g/mol. The van der Waals surface area contributed by atoms with E-state index in [1.165, 1.54) is 0 Å². The van der Waals surface area contributed by atoms with E-state index in [9.17, 15) is 4.79 Å². The van der Waals surface area contributed by atoms with Gasteiger partial charge in [-0.3, -0.25) is 10.6 Å². The summed E-state index contributed by atoms with van der Waals surface area (Å²) in [5.74, 6) is 4.23. The fourth-order valence-electron chi connectivity index (χ4n) is 2.16. The number of benzene rings is 1. The van der Waals surface area contributed by atoms with E-state index in [2.05, 4.69) is 5.43 Å². The Kier molecular flexibility index (Phi) is 2.60. The van der Waals surface area contributed by atoms with E-state index in [1.54, 1.807) is 0 Å². The van der Waals surface area contributed by atoms with Crippen LogP contribution in [0, 0.1) is 0 Å². The minimum Gasteiger partial charge on any atom is -0.481 e. The Hall–Kier alpha value is -1.55. The summed E-state index contributed by atoms with van der Waals surface area (Å²) >= 11 is 0. The van der Waals surface area contributed by atoms with Gasteiger partial charge in [-0.1, -0.05) is 6.07 Å². The molecule has 0 fully saturated rings. The third-order valence-corrected chi connectivity index (χ3v) is 2.92. The van der Waals surface area contributed by atoms with E-state index in [-0.39, 0.29) is 5.92 Å². The molecule has 1 atom stereocenters. The number of aliphatic carboxylic acids is 1. The van der Waals surface area contributed by atoms with Gasteiger partial charge >= 0.3 is 5.97 Å². The van der Waals surface area contributed by atoms with Crippen molar-refractivity contribution in [2.45, 2.75) is 25.2 Å². The summed E-state index contributed by atoms with van der Waals surface area (Å²) < 4.78 is 0. The minimum atomic E-state index is -0.732. The van der Waals surface area contributed by atoms with Gasteiger partial charge in [-0.25, -0.2) is 0 Å². The number of carboxylic acids is 1. The first-order chi connectivity index (χ1) is 7.22.